The largest absolute Gasteiger partial charge is 0.378 e. The number of carbonyl (C=O) groups is 1. The maximum atomic E-state index is 13.3. The van der Waals surface area contributed by atoms with Crippen LogP contribution in [-0.2, 0) is 11.2 Å². The Morgan fingerprint density at radius 3 is 2.96 bits per heavy atom. The number of ether oxygens (including phenoxy) is 1. The van der Waals surface area contributed by atoms with Crippen LogP contribution in [0.3, 0.4) is 0 Å². The van der Waals surface area contributed by atoms with Crippen LogP contribution in [0.15, 0.2) is 24.4 Å². The van der Waals surface area contributed by atoms with Gasteiger partial charge < -0.3 is 10.1 Å². The second-order valence-corrected chi connectivity index (χ2v) is 7.68. The molecule has 0 spiro atoms. The molecule has 1 aliphatic heterocycles. The zero-order chi connectivity index (χ0) is 19.1. The molecule has 0 saturated carbocycles. The fourth-order valence-electron chi connectivity index (χ4n) is 3.01. The van der Waals surface area contributed by atoms with Crippen molar-refractivity contribution in [3.8, 4) is 0 Å². The standard InChI is InChI=1S/C19H23F2N3O2S/c20-16-7-6-13(11-17(16)21)10-15-12-23-19(27-15)24-18(25)22-8-3-5-14-4-1-2-9-26-14/h6-7,11-12,14H,1-5,8-10H2,(H2,22,23,24,25)/t14-/m1/s1. The molecule has 1 saturated heterocycles. The maximum Gasteiger partial charge on any atom is 0.321 e. The van der Waals surface area contributed by atoms with Gasteiger partial charge in [-0.2, -0.15) is 0 Å². The van der Waals surface area contributed by atoms with Crippen molar-refractivity contribution in [3.63, 3.8) is 0 Å². The van der Waals surface area contributed by atoms with E-state index < -0.39 is 11.6 Å². The van der Waals surface area contributed by atoms with E-state index in [1.807, 2.05) is 0 Å². The second kappa shape index (κ2) is 9.75. The Kier molecular flexibility index (Phi) is 7.11. The average molecular weight is 395 g/mol. The SMILES string of the molecule is O=C(NCCC[C@H]1CCCCO1)Nc1ncc(Cc2ccc(F)c(F)c2)s1. The molecule has 27 heavy (non-hydrogen) atoms. The van der Waals surface area contributed by atoms with Crippen LogP contribution in [0, 0.1) is 11.6 Å². The van der Waals surface area contributed by atoms with E-state index in [0.717, 1.165) is 43.2 Å². The third kappa shape index (κ3) is 6.25. The van der Waals surface area contributed by atoms with Crippen molar-refractivity contribution in [3.05, 3.63) is 46.5 Å². The van der Waals surface area contributed by atoms with Crippen molar-refractivity contribution in [1.29, 1.82) is 0 Å². The number of anilines is 1. The molecule has 1 aromatic heterocycles. The fourth-order valence-corrected chi connectivity index (χ4v) is 3.85. The first-order valence-electron chi connectivity index (χ1n) is 9.15. The van der Waals surface area contributed by atoms with Gasteiger partial charge in [-0.1, -0.05) is 6.07 Å². The lowest BCUT2D eigenvalue weighted by molar-refractivity contribution is 0.0103. The van der Waals surface area contributed by atoms with Crippen LogP contribution in [0.5, 0.6) is 0 Å². The van der Waals surface area contributed by atoms with Gasteiger partial charge in [-0.25, -0.2) is 18.6 Å². The quantitative estimate of drug-likeness (QED) is 0.680. The van der Waals surface area contributed by atoms with E-state index in [2.05, 4.69) is 15.6 Å². The third-order valence-corrected chi connectivity index (χ3v) is 5.31. The summed E-state index contributed by atoms with van der Waals surface area (Å²) >= 11 is 1.31. The van der Waals surface area contributed by atoms with Crippen LogP contribution in [0.1, 0.15) is 42.5 Å². The van der Waals surface area contributed by atoms with Gasteiger partial charge >= 0.3 is 6.03 Å². The van der Waals surface area contributed by atoms with Gasteiger partial charge in [0.15, 0.2) is 16.8 Å². The molecule has 2 aromatic rings. The highest BCUT2D eigenvalue weighted by atomic mass is 32.1. The predicted molar refractivity (Wildman–Crippen MR) is 101 cm³/mol. The summed E-state index contributed by atoms with van der Waals surface area (Å²) in [7, 11) is 0. The molecule has 8 heteroatoms. The molecule has 2 heterocycles. The molecular weight excluding hydrogens is 372 g/mol. The number of nitrogens with one attached hydrogen (secondary N) is 2. The van der Waals surface area contributed by atoms with Crippen molar-refractivity contribution in [2.75, 3.05) is 18.5 Å². The van der Waals surface area contributed by atoms with Gasteiger partial charge in [-0.15, -0.1) is 11.3 Å². The van der Waals surface area contributed by atoms with E-state index in [0.29, 0.717) is 29.8 Å². The summed E-state index contributed by atoms with van der Waals surface area (Å²) in [4.78, 5) is 16.9. The maximum absolute atomic E-state index is 13.3. The Hall–Kier alpha value is -2.06. The molecule has 2 N–H and O–H groups in total. The smallest absolute Gasteiger partial charge is 0.321 e. The molecule has 0 bridgehead atoms. The van der Waals surface area contributed by atoms with Gasteiger partial charge in [0, 0.05) is 30.6 Å². The van der Waals surface area contributed by atoms with Crippen LogP contribution in [-0.4, -0.2) is 30.3 Å². The molecule has 1 fully saturated rings. The number of rotatable bonds is 7. The lowest BCUT2D eigenvalue weighted by Gasteiger charge is -2.22. The predicted octanol–water partition coefficient (Wildman–Crippen LogP) is 4.48. The minimum absolute atomic E-state index is 0.298. The summed E-state index contributed by atoms with van der Waals surface area (Å²) < 4.78 is 31.9. The number of halogens is 2. The fraction of sp³-hybridized carbons (Fsp3) is 0.474. The average Bonchev–Trinajstić information content (AvgIpc) is 3.09. The van der Waals surface area contributed by atoms with Gasteiger partial charge in [0.05, 0.1) is 6.10 Å². The van der Waals surface area contributed by atoms with E-state index in [4.69, 9.17) is 4.74 Å². The molecular formula is C19H23F2N3O2S. The first-order valence-corrected chi connectivity index (χ1v) is 9.97. The van der Waals surface area contributed by atoms with Crippen molar-refractivity contribution in [1.82, 2.24) is 10.3 Å². The molecule has 5 nitrogen and oxygen atoms in total. The topological polar surface area (TPSA) is 63.2 Å². The number of hydrogen-bond acceptors (Lipinski definition) is 4. The molecule has 1 atom stereocenters. The number of hydrogen-bond donors (Lipinski definition) is 2. The summed E-state index contributed by atoms with van der Waals surface area (Å²) in [5.74, 6) is -1.73. The van der Waals surface area contributed by atoms with Gasteiger partial charge in [0.25, 0.3) is 0 Å². The molecule has 0 unspecified atom stereocenters. The van der Waals surface area contributed by atoms with Crippen LogP contribution >= 0.6 is 11.3 Å². The monoisotopic (exact) mass is 395 g/mol. The van der Waals surface area contributed by atoms with E-state index in [1.165, 1.54) is 29.9 Å². The highest BCUT2D eigenvalue weighted by Gasteiger charge is 2.13. The van der Waals surface area contributed by atoms with Crippen LogP contribution in [0.25, 0.3) is 0 Å². The molecule has 1 aromatic carbocycles. The number of nitrogens with zero attached hydrogens (tertiary/aromatic N) is 1. The summed E-state index contributed by atoms with van der Waals surface area (Å²) in [5.41, 5.74) is 0.651. The molecule has 0 radical (unpaired) electrons. The Bertz CT molecular complexity index is 763. The molecule has 146 valence electrons. The van der Waals surface area contributed by atoms with E-state index >= 15 is 0 Å². The normalized spacial score (nSPS) is 16.9. The minimum atomic E-state index is -0.867. The highest BCUT2D eigenvalue weighted by molar-refractivity contribution is 7.15. The van der Waals surface area contributed by atoms with Crippen molar-refractivity contribution >= 4 is 22.5 Å². The van der Waals surface area contributed by atoms with E-state index in [9.17, 15) is 13.6 Å². The number of aromatic nitrogens is 1. The van der Waals surface area contributed by atoms with Crippen LogP contribution in [0.4, 0.5) is 18.7 Å². The zero-order valence-corrected chi connectivity index (χ0v) is 15.8. The van der Waals surface area contributed by atoms with Gasteiger partial charge in [0.1, 0.15) is 0 Å². The molecule has 1 aliphatic rings. The Balaban J connectivity index is 1.39. The number of thiazole rings is 1. The number of urea groups is 1. The van der Waals surface area contributed by atoms with Crippen LogP contribution < -0.4 is 10.6 Å². The van der Waals surface area contributed by atoms with E-state index in [1.54, 1.807) is 6.20 Å². The molecule has 2 amide bonds. The lowest BCUT2D eigenvalue weighted by Crippen LogP contribution is -2.30. The van der Waals surface area contributed by atoms with E-state index in [-0.39, 0.29) is 6.03 Å². The summed E-state index contributed by atoms with van der Waals surface area (Å²) in [6.07, 6.45) is 7.67. The number of carbonyl (C=O) groups excluding carboxylic acids is 1. The Morgan fingerprint density at radius 2 is 2.19 bits per heavy atom. The highest BCUT2D eigenvalue weighted by Crippen LogP contribution is 2.22. The summed E-state index contributed by atoms with van der Waals surface area (Å²) in [5, 5.41) is 5.99. The van der Waals surface area contributed by atoms with Gasteiger partial charge in [0.2, 0.25) is 0 Å². The van der Waals surface area contributed by atoms with Gasteiger partial charge in [-0.3, -0.25) is 5.32 Å². The summed E-state index contributed by atoms with van der Waals surface area (Å²) in [6.45, 7) is 1.42. The second-order valence-electron chi connectivity index (χ2n) is 6.57. The number of amides is 2. The van der Waals surface area contributed by atoms with Crippen molar-refractivity contribution in [2.24, 2.45) is 0 Å². The zero-order valence-electron chi connectivity index (χ0n) is 15.0. The molecule has 0 aliphatic carbocycles. The lowest BCUT2D eigenvalue weighted by atomic mass is 10.0. The Labute approximate surface area is 161 Å². The minimum Gasteiger partial charge on any atom is -0.378 e. The van der Waals surface area contributed by atoms with Crippen LogP contribution in [0.2, 0.25) is 0 Å². The first kappa shape index (κ1) is 19.7. The van der Waals surface area contributed by atoms with Crippen molar-refractivity contribution < 1.29 is 18.3 Å². The van der Waals surface area contributed by atoms with Gasteiger partial charge in [-0.05, 0) is 49.8 Å². The van der Waals surface area contributed by atoms with Crippen molar-refractivity contribution in [2.45, 2.75) is 44.6 Å². The molecule has 3 rings (SSSR count). The Morgan fingerprint density at radius 1 is 1.30 bits per heavy atom. The summed E-state index contributed by atoms with van der Waals surface area (Å²) in [6, 6.07) is 3.52. The number of benzene rings is 1. The third-order valence-electron chi connectivity index (χ3n) is 4.40. The first-order chi connectivity index (χ1) is 13.1.